The zero-order valence-corrected chi connectivity index (χ0v) is 9.04. The molecule has 1 fully saturated rings. The number of hydrogen-bond acceptors (Lipinski definition) is 3. The minimum Gasteiger partial charge on any atom is -0.353 e. The fourth-order valence-electron chi connectivity index (χ4n) is 1.87. The van der Waals surface area contributed by atoms with Gasteiger partial charge in [0.15, 0.2) is 0 Å². The Morgan fingerprint density at radius 1 is 1.57 bits per heavy atom. The van der Waals surface area contributed by atoms with Crippen molar-refractivity contribution in [3.8, 4) is 0 Å². The third-order valence-electron chi connectivity index (χ3n) is 2.66. The van der Waals surface area contributed by atoms with Crippen LogP contribution in [-0.4, -0.2) is 22.6 Å². The van der Waals surface area contributed by atoms with Crippen LogP contribution in [0, 0.1) is 0 Å². The van der Waals surface area contributed by atoms with E-state index in [1.165, 1.54) is 12.8 Å². The van der Waals surface area contributed by atoms with Crippen molar-refractivity contribution in [1.29, 1.82) is 0 Å². The highest BCUT2D eigenvalue weighted by molar-refractivity contribution is 6.16. The summed E-state index contributed by atoms with van der Waals surface area (Å²) in [6.45, 7) is 3.31. The normalized spacial score (nSPS) is 21.6. The fraction of sp³-hybridized carbons (Fsp3) is 0.600. The van der Waals surface area contributed by atoms with Gasteiger partial charge in [0.2, 0.25) is 0 Å². The van der Waals surface area contributed by atoms with Crippen LogP contribution in [0.15, 0.2) is 12.4 Å². The Kier molecular flexibility index (Phi) is 2.87. The van der Waals surface area contributed by atoms with E-state index in [1.807, 2.05) is 6.20 Å². The molecular weight excluding hydrogens is 198 g/mol. The smallest absolute Gasteiger partial charge is 0.147 e. The van der Waals surface area contributed by atoms with E-state index >= 15 is 0 Å². The molecule has 4 heteroatoms. The van der Waals surface area contributed by atoms with Crippen molar-refractivity contribution in [3.63, 3.8) is 0 Å². The second-order valence-corrected chi connectivity index (χ2v) is 3.95. The van der Waals surface area contributed by atoms with Gasteiger partial charge in [-0.1, -0.05) is 0 Å². The van der Waals surface area contributed by atoms with E-state index in [1.54, 1.807) is 6.20 Å². The van der Waals surface area contributed by atoms with Gasteiger partial charge in [0.1, 0.15) is 5.82 Å². The van der Waals surface area contributed by atoms with Gasteiger partial charge in [-0.05, 0) is 19.8 Å². The van der Waals surface area contributed by atoms with Gasteiger partial charge in [0.25, 0.3) is 0 Å². The predicted molar refractivity (Wildman–Crippen MR) is 57.6 cm³/mol. The number of alkyl halides is 1. The van der Waals surface area contributed by atoms with Gasteiger partial charge in [-0.3, -0.25) is 4.98 Å². The van der Waals surface area contributed by atoms with Crippen LogP contribution < -0.4 is 4.90 Å². The van der Waals surface area contributed by atoms with Gasteiger partial charge in [-0.25, -0.2) is 4.98 Å². The van der Waals surface area contributed by atoms with E-state index in [2.05, 4.69) is 21.8 Å². The number of aromatic nitrogens is 2. The first-order valence-corrected chi connectivity index (χ1v) is 5.48. The van der Waals surface area contributed by atoms with E-state index in [-0.39, 0.29) is 0 Å². The number of nitrogens with zero attached hydrogens (tertiary/aromatic N) is 3. The van der Waals surface area contributed by atoms with Crippen molar-refractivity contribution in [2.45, 2.75) is 31.7 Å². The first kappa shape index (κ1) is 9.71. The Labute approximate surface area is 89.1 Å². The van der Waals surface area contributed by atoms with Crippen molar-refractivity contribution >= 4 is 17.4 Å². The summed E-state index contributed by atoms with van der Waals surface area (Å²) in [5, 5.41) is 0. The number of anilines is 1. The molecule has 2 rings (SSSR count). The Hall–Kier alpha value is -0.830. The van der Waals surface area contributed by atoms with E-state index < -0.39 is 0 Å². The molecule has 0 saturated carbocycles. The molecule has 1 aliphatic rings. The van der Waals surface area contributed by atoms with Crippen molar-refractivity contribution < 1.29 is 0 Å². The van der Waals surface area contributed by atoms with Crippen molar-refractivity contribution in [2.75, 3.05) is 11.4 Å². The highest BCUT2D eigenvalue weighted by Crippen LogP contribution is 2.22. The standard InChI is InChI=1S/C10H14ClN3/c1-8-3-2-4-14(8)10-7-12-6-9(5-11)13-10/h6-8H,2-5H2,1H3. The zero-order valence-electron chi connectivity index (χ0n) is 8.28. The highest BCUT2D eigenvalue weighted by Gasteiger charge is 2.21. The summed E-state index contributed by atoms with van der Waals surface area (Å²) in [6.07, 6.45) is 6.02. The average Bonchev–Trinajstić information content (AvgIpc) is 2.65. The molecule has 0 radical (unpaired) electrons. The van der Waals surface area contributed by atoms with Crippen LogP contribution in [0.2, 0.25) is 0 Å². The quantitative estimate of drug-likeness (QED) is 0.703. The van der Waals surface area contributed by atoms with Crippen molar-refractivity contribution in [3.05, 3.63) is 18.1 Å². The second kappa shape index (κ2) is 4.13. The molecule has 1 aromatic heterocycles. The summed E-state index contributed by atoms with van der Waals surface area (Å²) in [5.74, 6) is 1.40. The average molecular weight is 212 g/mol. The van der Waals surface area contributed by atoms with Crippen LogP contribution in [0.1, 0.15) is 25.5 Å². The Balaban J connectivity index is 2.22. The molecule has 0 amide bonds. The molecule has 2 heterocycles. The molecular formula is C10H14ClN3. The van der Waals surface area contributed by atoms with Gasteiger partial charge in [-0.15, -0.1) is 11.6 Å². The molecule has 0 aromatic carbocycles. The van der Waals surface area contributed by atoms with E-state index in [0.717, 1.165) is 18.1 Å². The molecule has 1 atom stereocenters. The first-order chi connectivity index (χ1) is 6.81. The lowest BCUT2D eigenvalue weighted by atomic mass is 10.2. The highest BCUT2D eigenvalue weighted by atomic mass is 35.5. The van der Waals surface area contributed by atoms with Crippen LogP contribution in [0.4, 0.5) is 5.82 Å². The maximum Gasteiger partial charge on any atom is 0.147 e. The minimum atomic E-state index is 0.434. The molecule has 0 bridgehead atoms. The van der Waals surface area contributed by atoms with Gasteiger partial charge in [-0.2, -0.15) is 0 Å². The number of halogens is 1. The summed E-state index contributed by atoms with van der Waals surface area (Å²) in [4.78, 5) is 10.9. The van der Waals surface area contributed by atoms with Gasteiger partial charge >= 0.3 is 0 Å². The largest absolute Gasteiger partial charge is 0.353 e. The van der Waals surface area contributed by atoms with Crippen LogP contribution in [0.3, 0.4) is 0 Å². The van der Waals surface area contributed by atoms with Crippen molar-refractivity contribution in [1.82, 2.24) is 9.97 Å². The van der Waals surface area contributed by atoms with Gasteiger partial charge in [0, 0.05) is 18.8 Å². The SMILES string of the molecule is CC1CCCN1c1cncc(CCl)n1. The Morgan fingerprint density at radius 2 is 2.43 bits per heavy atom. The van der Waals surface area contributed by atoms with Gasteiger partial charge in [0.05, 0.1) is 17.8 Å². The Morgan fingerprint density at radius 3 is 3.07 bits per heavy atom. The molecule has 14 heavy (non-hydrogen) atoms. The lowest BCUT2D eigenvalue weighted by Crippen LogP contribution is -2.27. The van der Waals surface area contributed by atoms with Crippen LogP contribution in [0.5, 0.6) is 0 Å². The predicted octanol–water partition coefficient (Wildman–Crippen LogP) is 2.20. The summed E-state index contributed by atoms with van der Waals surface area (Å²) in [7, 11) is 0. The molecule has 76 valence electrons. The van der Waals surface area contributed by atoms with E-state index in [9.17, 15) is 0 Å². The second-order valence-electron chi connectivity index (χ2n) is 3.69. The minimum absolute atomic E-state index is 0.434. The lowest BCUT2D eigenvalue weighted by Gasteiger charge is -2.22. The Bertz CT molecular complexity index is 316. The molecule has 1 unspecified atom stereocenters. The summed E-state index contributed by atoms with van der Waals surface area (Å²) >= 11 is 5.72. The summed E-state index contributed by atoms with van der Waals surface area (Å²) in [6, 6.07) is 0.579. The molecule has 0 aliphatic carbocycles. The maximum atomic E-state index is 5.72. The fourth-order valence-corrected chi connectivity index (χ4v) is 2.00. The summed E-state index contributed by atoms with van der Waals surface area (Å²) in [5.41, 5.74) is 0.850. The van der Waals surface area contributed by atoms with Crippen LogP contribution in [0.25, 0.3) is 0 Å². The first-order valence-electron chi connectivity index (χ1n) is 4.95. The zero-order chi connectivity index (χ0) is 9.97. The van der Waals surface area contributed by atoms with Crippen molar-refractivity contribution in [2.24, 2.45) is 0 Å². The number of rotatable bonds is 2. The number of hydrogen-bond donors (Lipinski definition) is 0. The van der Waals surface area contributed by atoms with Crippen LogP contribution >= 0.6 is 11.6 Å². The monoisotopic (exact) mass is 211 g/mol. The topological polar surface area (TPSA) is 29.0 Å². The third-order valence-corrected chi connectivity index (χ3v) is 2.93. The summed E-state index contributed by atoms with van der Waals surface area (Å²) < 4.78 is 0. The lowest BCUT2D eigenvalue weighted by molar-refractivity contribution is 0.724. The molecule has 3 nitrogen and oxygen atoms in total. The molecule has 0 spiro atoms. The third kappa shape index (κ3) is 1.82. The molecule has 1 aromatic rings. The maximum absolute atomic E-state index is 5.72. The molecule has 0 N–H and O–H groups in total. The van der Waals surface area contributed by atoms with Gasteiger partial charge < -0.3 is 4.90 Å². The van der Waals surface area contributed by atoms with Crippen LogP contribution in [-0.2, 0) is 5.88 Å². The molecule has 1 aliphatic heterocycles. The molecule has 1 saturated heterocycles. The van der Waals surface area contributed by atoms with E-state index in [4.69, 9.17) is 11.6 Å². The van der Waals surface area contributed by atoms with E-state index in [0.29, 0.717) is 11.9 Å².